The maximum Gasteiger partial charge on any atom is 0.319 e. The van der Waals surface area contributed by atoms with Gasteiger partial charge in [-0.2, -0.15) is 0 Å². The van der Waals surface area contributed by atoms with E-state index >= 15 is 0 Å². The number of ether oxygens (including phenoxy) is 1. The van der Waals surface area contributed by atoms with E-state index in [9.17, 15) is 24.3 Å². The number of carboxylic acid groups (broad SMARTS) is 1. The summed E-state index contributed by atoms with van der Waals surface area (Å²) in [4.78, 5) is 48.1. The third-order valence-electron chi connectivity index (χ3n) is 6.14. The highest BCUT2D eigenvalue weighted by molar-refractivity contribution is 5.91. The molecule has 4 amide bonds. The summed E-state index contributed by atoms with van der Waals surface area (Å²) in [5, 5.41) is 20.2. The van der Waals surface area contributed by atoms with Crippen LogP contribution in [0.4, 0.5) is 10.5 Å². The maximum absolute atomic E-state index is 12.2. The maximum atomic E-state index is 12.2. The Morgan fingerprint density at radius 2 is 1.45 bits per heavy atom. The molecule has 0 aliphatic heterocycles. The first-order valence-electron chi connectivity index (χ1n) is 13.0. The lowest BCUT2D eigenvalue weighted by Crippen LogP contribution is -2.39. The number of aliphatic carboxylic acids is 1. The second-order valence-electron chi connectivity index (χ2n) is 9.00. The van der Waals surface area contributed by atoms with E-state index in [1.807, 2.05) is 42.5 Å². The fourth-order valence-electron chi connectivity index (χ4n) is 3.96. The molecule has 0 aliphatic carbocycles. The van der Waals surface area contributed by atoms with Gasteiger partial charge in [0, 0.05) is 19.5 Å². The first-order valence-corrected chi connectivity index (χ1v) is 13.0. The Bertz CT molecular complexity index is 1280. The van der Waals surface area contributed by atoms with Crippen molar-refractivity contribution in [1.82, 2.24) is 16.0 Å². The first-order chi connectivity index (χ1) is 19.4. The van der Waals surface area contributed by atoms with Gasteiger partial charge in [0.25, 0.3) is 0 Å². The number of carbonyl (C=O) groups is 4. The van der Waals surface area contributed by atoms with Crippen molar-refractivity contribution in [2.24, 2.45) is 0 Å². The van der Waals surface area contributed by atoms with E-state index in [2.05, 4.69) is 21.3 Å². The van der Waals surface area contributed by atoms with E-state index in [1.54, 1.807) is 36.4 Å². The van der Waals surface area contributed by atoms with Crippen LogP contribution < -0.4 is 26.0 Å². The Kier molecular flexibility index (Phi) is 11.5. The standard InChI is InChI=1S/C30H34N4O6/c1-40-26-12-6-5-11-25(26)34-30(39)31-18-8-7-13-27(35)33-20-28(36)32-19-24(29(37)38)23-16-14-22(15-17-23)21-9-3-2-4-10-21/h2-6,9-12,14-17,24H,7-8,13,18-20H2,1H3,(H,32,36)(H,33,35)(H,37,38)(H2,31,34,39). The minimum Gasteiger partial charge on any atom is -0.495 e. The third kappa shape index (κ3) is 9.46. The normalized spacial score (nSPS) is 11.1. The number of anilines is 1. The summed E-state index contributed by atoms with van der Waals surface area (Å²) in [7, 11) is 1.52. The predicted molar refractivity (Wildman–Crippen MR) is 152 cm³/mol. The van der Waals surface area contributed by atoms with Gasteiger partial charge in [0.05, 0.1) is 25.3 Å². The number of hydrogen-bond donors (Lipinski definition) is 5. The number of para-hydroxylation sites is 2. The zero-order valence-electron chi connectivity index (χ0n) is 22.3. The molecule has 0 saturated carbocycles. The third-order valence-corrected chi connectivity index (χ3v) is 6.14. The van der Waals surface area contributed by atoms with Crippen LogP contribution in [-0.4, -0.2) is 55.7 Å². The van der Waals surface area contributed by atoms with Gasteiger partial charge < -0.3 is 31.1 Å². The molecular formula is C30H34N4O6. The molecule has 0 spiro atoms. The molecule has 1 atom stereocenters. The SMILES string of the molecule is COc1ccccc1NC(=O)NCCCCC(=O)NCC(=O)NCC(C(=O)O)c1ccc(-c2ccccc2)cc1. The van der Waals surface area contributed by atoms with Gasteiger partial charge in [-0.25, -0.2) is 4.79 Å². The second-order valence-corrected chi connectivity index (χ2v) is 9.00. The van der Waals surface area contributed by atoms with Crippen molar-refractivity contribution in [2.45, 2.75) is 25.2 Å². The topological polar surface area (TPSA) is 146 Å². The van der Waals surface area contributed by atoms with Crippen LogP contribution in [-0.2, 0) is 14.4 Å². The van der Waals surface area contributed by atoms with Gasteiger partial charge in [-0.1, -0.05) is 66.7 Å². The highest BCUT2D eigenvalue weighted by atomic mass is 16.5. The van der Waals surface area contributed by atoms with E-state index in [0.29, 0.717) is 36.4 Å². The Morgan fingerprint density at radius 3 is 2.15 bits per heavy atom. The Labute approximate surface area is 233 Å². The highest BCUT2D eigenvalue weighted by Crippen LogP contribution is 2.23. The molecule has 0 aliphatic rings. The fraction of sp³-hybridized carbons (Fsp3) is 0.267. The number of carbonyl (C=O) groups excluding carboxylic acids is 3. The summed E-state index contributed by atoms with van der Waals surface area (Å²) in [5.74, 6) is -2.21. The average Bonchev–Trinajstić information content (AvgIpc) is 2.97. The Balaban J connectivity index is 1.32. The van der Waals surface area contributed by atoms with Gasteiger partial charge in [-0.05, 0) is 41.7 Å². The van der Waals surface area contributed by atoms with Crippen molar-refractivity contribution in [3.05, 3.63) is 84.4 Å². The number of amides is 4. The highest BCUT2D eigenvalue weighted by Gasteiger charge is 2.21. The van der Waals surface area contributed by atoms with E-state index in [1.165, 1.54) is 7.11 Å². The minimum atomic E-state index is -1.05. The van der Waals surface area contributed by atoms with Crippen molar-refractivity contribution < 1.29 is 29.0 Å². The number of rotatable bonds is 14. The lowest BCUT2D eigenvalue weighted by Gasteiger charge is -2.15. The number of benzene rings is 3. The molecule has 0 heterocycles. The summed E-state index contributed by atoms with van der Waals surface area (Å²) in [6.07, 6.45) is 1.28. The summed E-state index contributed by atoms with van der Waals surface area (Å²) in [6.45, 7) is 0.0205. The minimum absolute atomic E-state index is 0.0999. The quantitative estimate of drug-likeness (QED) is 0.195. The molecule has 3 rings (SSSR count). The van der Waals surface area contributed by atoms with Crippen LogP contribution in [0.2, 0.25) is 0 Å². The van der Waals surface area contributed by atoms with E-state index in [0.717, 1.165) is 11.1 Å². The van der Waals surface area contributed by atoms with Crippen LogP contribution in [0, 0.1) is 0 Å². The Morgan fingerprint density at radius 1 is 0.775 bits per heavy atom. The molecule has 3 aromatic rings. The van der Waals surface area contributed by atoms with Crippen LogP contribution >= 0.6 is 0 Å². The van der Waals surface area contributed by atoms with Crippen LogP contribution in [0.15, 0.2) is 78.9 Å². The predicted octanol–water partition coefficient (Wildman–Crippen LogP) is 3.75. The van der Waals surface area contributed by atoms with Crippen molar-refractivity contribution >= 4 is 29.5 Å². The zero-order valence-corrected chi connectivity index (χ0v) is 22.3. The van der Waals surface area contributed by atoms with Crippen molar-refractivity contribution in [3.63, 3.8) is 0 Å². The lowest BCUT2D eigenvalue weighted by molar-refractivity contribution is -0.138. The molecule has 5 N–H and O–H groups in total. The molecule has 0 fully saturated rings. The number of hydrogen-bond acceptors (Lipinski definition) is 5. The number of urea groups is 1. The van der Waals surface area contributed by atoms with Gasteiger partial charge in [0.2, 0.25) is 11.8 Å². The van der Waals surface area contributed by atoms with Gasteiger partial charge in [0.15, 0.2) is 0 Å². The summed E-state index contributed by atoms with van der Waals surface area (Å²) in [6, 6.07) is 23.6. The summed E-state index contributed by atoms with van der Waals surface area (Å²) < 4.78 is 5.19. The van der Waals surface area contributed by atoms with Crippen LogP contribution in [0.25, 0.3) is 11.1 Å². The molecule has 40 heavy (non-hydrogen) atoms. The smallest absolute Gasteiger partial charge is 0.319 e. The molecule has 0 aromatic heterocycles. The molecule has 210 valence electrons. The van der Waals surface area contributed by atoms with Crippen LogP contribution in [0.1, 0.15) is 30.7 Å². The number of carboxylic acids is 1. The van der Waals surface area contributed by atoms with Gasteiger partial charge >= 0.3 is 12.0 Å². The molecule has 0 radical (unpaired) electrons. The molecule has 10 nitrogen and oxygen atoms in total. The fourth-order valence-corrected chi connectivity index (χ4v) is 3.96. The van der Waals surface area contributed by atoms with Crippen LogP contribution in [0.5, 0.6) is 5.75 Å². The van der Waals surface area contributed by atoms with Gasteiger partial charge in [0.1, 0.15) is 5.75 Å². The van der Waals surface area contributed by atoms with Crippen molar-refractivity contribution in [3.8, 4) is 16.9 Å². The largest absolute Gasteiger partial charge is 0.495 e. The van der Waals surface area contributed by atoms with Crippen LogP contribution in [0.3, 0.4) is 0 Å². The van der Waals surface area contributed by atoms with Gasteiger partial charge in [-0.3, -0.25) is 14.4 Å². The van der Waals surface area contributed by atoms with E-state index in [-0.39, 0.29) is 31.4 Å². The zero-order chi connectivity index (χ0) is 28.7. The van der Waals surface area contributed by atoms with Crippen molar-refractivity contribution in [1.29, 1.82) is 0 Å². The molecular weight excluding hydrogens is 512 g/mol. The summed E-state index contributed by atoms with van der Waals surface area (Å²) >= 11 is 0. The Hall–Kier alpha value is -4.86. The van der Waals surface area contributed by atoms with Gasteiger partial charge in [-0.15, -0.1) is 0 Å². The molecule has 0 bridgehead atoms. The first kappa shape index (κ1) is 29.7. The monoisotopic (exact) mass is 546 g/mol. The molecule has 3 aromatic carbocycles. The molecule has 1 unspecified atom stereocenters. The number of unbranched alkanes of at least 4 members (excludes halogenated alkanes) is 1. The second kappa shape index (κ2) is 15.5. The van der Waals surface area contributed by atoms with E-state index < -0.39 is 17.8 Å². The average molecular weight is 547 g/mol. The number of methoxy groups -OCH3 is 1. The van der Waals surface area contributed by atoms with E-state index in [4.69, 9.17) is 4.74 Å². The van der Waals surface area contributed by atoms with Crippen molar-refractivity contribution in [2.75, 3.05) is 32.1 Å². The number of nitrogens with one attached hydrogen (secondary N) is 4. The summed E-state index contributed by atoms with van der Waals surface area (Å²) in [5.41, 5.74) is 3.11. The molecule has 0 saturated heterocycles. The lowest BCUT2D eigenvalue weighted by atomic mass is 9.96. The molecule has 10 heteroatoms.